The van der Waals surface area contributed by atoms with Crippen molar-refractivity contribution in [2.24, 2.45) is 15.7 Å². The molecule has 8 nitrogen and oxygen atoms in total. The molecule has 3 atom stereocenters. The van der Waals surface area contributed by atoms with Gasteiger partial charge in [0.15, 0.2) is 11.8 Å². The van der Waals surface area contributed by atoms with Crippen LogP contribution in [-0.4, -0.2) is 52.8 Å². The quantitative estimate of drug-likeness (QED) is 0.364. The minimum Gasteiger partial charge on any atom is -0.394 e. The smallest absolute Gasteiger partial charge is 0.258 e. The van der Waals surface area contributed by atoms with Gasteiger partial charge < -0.3 is 20.8 Å². The van der Waals surface area contributed by atoms with Crippen LogP contribution in [0.5, 0.6) is 0 Å². The highest BCUT2D eigenvalue weighted by Gasteiger charge is 2.48. The summed E-state index contributed by atoms with van der Waals surface area (Å²) in [5.41, 5.74) is 4.38. The highest BCUT2D eigenvalue weighted by molar-refractivity contribution is 6.19. The molecule has 0 saturated heterocycles. The van der Waals surface area contributed by atoms with Crippen molar-refractivity contribution in [2.45, 2.75) is 30.8 Å². The molecule has 0 bridgehead atoms. The molecule has 94 valence electrons. The van der Waals surface area contributed by atoms with Gasteiger partial charge in [0, 0.05) is 0 Å². The number of amidine groups is 1. The minimum absolute atomic E-state index is 0.247. The first-order valence-corrected chi connectivity index (χ1v) is 5.32. The molecule has 6 N–H and O–H groups in total. The molecule has 0 saturated carbocycles. The Bertz CT molecular complexity index is 383. The first-order chi connectivity index (χ1) is 8.08. The van der Waals surface area contributed by atoms with Crippen molar-refractivity contribution in [3.63, 3.8) is 0 Å². The molecule has 0 spiro atoms. The molecule has 0 aromatic carbocycles. The summed E-state index contributed by atoms with van der Waals surface area (Å²) in [7, 11) is 0. The molecule has 1 amide bonds. The van der Waals surface area contributed by atoms with E-state index in [4.69, 9.17) is 10.8 Å². The highest BCUT2D eigenvalue weighted by Crippen LogP contribution is 2.26. The van der Waals surface area contributed by atoms with Crippen molar-refractivity contribution in [3.8, 4) is 0 Å². The first kappa shape index (κ1) is 12.0. The molecule has 0 aromatic heterocycles. The molecule has 2 aliphatic rings. The zero-order valence-electron chi connectivity index (χ0n) is 9.13. The van der Waals surface area contributed by atoms with Crippen LogP contribution in [-0.2, 0) is 4.79 Å². The van der Waals surface area contributed by atoms with Crippen LogP contribution in [0.15, 0.2) is 9.98 Å². The van der Waals surface area contributed by atoms with E-state index in [-0.39, 0.29) is 25.4 Å². The number of rotatable bonds is 4. The van der Waals surface area contributed by atoms with Crippen LogP contribution in [0.1, 0.15) is 12.8 Å². The van der Waals surface area contributed by atoms with E-state index in [1.807, 2.05) is 0 Å². The van der Waals surface area contributed by atoms with Crippen molar-refractivity contribution < 1.29 is 15.0 Å². The van der Waals surface area contributed by atoms with Gasteiger partial charge in [-0.15, -0.1) is 0 Å². The summed E-state index contributed by atoms with van der Waals surface area (Å²) in [6.45, 7) is -0.346. The van der Waals surface area contributed by atoms with Gasteiger partial charge in [0.1, 0.15) is 5.84 Å². The lowest BCUT2D eigenvalue weighted by Gasteiger charge is -2.31. The summed E-state index contributed by atoms with van der Waals surface area (Å²) in [6.07, 6.45) is 0.252. The van der Waals surface area contributed by atoms with E-state index in [1.54, 1.807) is 0 Å². The summed E-state index contributed by atoms with van der Waals surface area (Å²) in [6, 6.07) is 0. The fraction of sp³-hybridized carbons (Fsp3) is 0.667. The second-order valence-electron chi connectivity index (χ2n) is 4.03. The number of aliphatic hydroxyl groups is 2. The Kier molecular flexibility index (Phi) is 3.09. The number of carbonyl (C=O) groups excluding carboxylic acids is 1. The Morgan fingerprint density at radius 1 is 1.65 bits per heavy atom. The van der Waals surface area contributed by atoms with Crippen LogP contribution in [0, 0.1) is 0 Å². The fourth-order valence-corrected chi connectivity index (χ4v) is 1.88. The van der Waals surface area contributed by atoms with Gasteiger partial charge in [0.25, 0.3) is 5.91 Å². The first-order valence-electron chi connectivity index (χ1n) is 5.32. The maximum absolute atomic E-state index is 11.9. The van der Waals surface area contributed by atoms with Crippen LogP contribution in [0.3, 0.4) is 0 Å². The minimum atomic E-state index is -1.13. The zero-order chi connectivity index (χ0) is 12.5. The van der Waals surface area contributed by atoms with E-state index in [0.717, 1.165) is 0 Å². The molecule has 0 aliphatic carbocycles. The van der Waals surface area contributed by atoms with E-state index in [1.165, 1.54) is 6.34 Å². The summed E-state index contributed by atoms with van der Waals surface area (Å²) < 4.78 is 0. The van der Waals surface area contributed by atoms with Crippen molar-refractivity contribution in [3.05, 3.63) is 0 Å². The molecule has 0 radical (unpaired) electrons. The number of nitrogens with zero attached hydrogens (tertiary/aromatic N) is 2. The van der Waals surface area contributed by atoms with Crippen LogP contribution >= 0.6 is 0 Å². The molecule has 17 heavy (non-hydrogen) atoms. The second kappa shape index (κ2) is 4.40. The SMILES string of the molecule is NC1N=C2NC=NC2(CCC(O)CO)C(=O)N1. The molecular weight excluding hydrogens is 226 g/mol. The van der Waals surface area contributed by atoms with Gasteiger partial charge in [0.05, 0.1) is 19.0 Å². The van der Waals surface area contributed by atoms with Crippen molar-refractivity contribution >= 4 is 18.1 Å². The summed E-state index contributed by atoms with van der Waals surface area (Å²) in [5.74, 6) is 0.0419. The Morgan fingerprint density at radius 3 is 3.12 bits per heavy atom. The largest absolute Gasteiger partial charge is 0.394 e. The predicted molar refractivity (Wildman–Crippen MR) is 60.2 cm³/mol. The van der Waals surface area contributed by atoms with Gasteiger partial charge in [-0.25, -0.2) is 4.99 Å². The average Bonchev–Trinajstić information content (AvgIpc) is 2.70. The molecule has 0 fully saturated rings. The zero-order valence-corrected chi connectivity index (χ0v) is 9.13. The molecular formula is C9H15N5O3. The maximum Gasteiger partial charge on any atom is 0.258 e. The van der Waals surface area contributed by atoms with Gasteiger partial charge in [-0.3, -0.25) is 15.5 Å². The molecule has 3 unspecified atom stereocenters. The number of amides is 1. The summed E-state index contributed by atoms with van der Waals surface area (Å²) in [5, 5.41) is 23.3. The molecule has 2 aliphatic heterocycles. The van der Waals surface area contributed by atoms with Gasteiger partial charge >= 0.3 is 0 Å². The number of aliphatic imine (C=N–C) groups is 2. The summed E-state index contributed by atoms with van der Waals surface area (Å²) >= 11 is 0. The molecule has 8 heteroatoms. The van der Waals surface area contributed by atoms with Crippen LogP contribution in [0.25, 0.3) is 0 Å². The van der Waals surface area contributed by atoms with E-state index < -0.39 is 17.9 Å². The lowest BCUT2D eigenvalue weighted by atomic mass is 9.89. The van der Waals surface area contributed by atoms with Gasteiger partial charge in [-0.2, -0.15) is 0 Å². The third-order valence-electron chi connectivity index (χ3n) is 2.85. The number of fused-ring (bicyclic) bond motifs is 1. The predicted octanol–water partition coefficient (Wildman–Crippen LogP) is -2.74. The lowest BCUT2D eigenvalue weighted by molar-refractivity contribution is -0.125. The van der Waals surface area contributed by atoms with Gasteiger partial charge in [0.2, 0.25) is 0 Å². The standard InChI is InChI=1S/C9H15N5O3/c10-8-13-6-9(7(17)14-8,12-4-11-6)2-1-5(16)3-15/h4-5,8,15-16H,1-3,10H2,(H,14,17)(H,11,12,13). The topological polar surface area (TPSA) is 132 Å². The van der Waals surface area contributed by atoms with E-state index in [0.29, 0.717) is 5.84 Å². The van der Waals surface area contributed by atoms with Crippen molar-refractivity contribution in [1.29, 1.82) is 0 Å². The number of nitrogens with one attached hydrogen (secondary N) is 2. The number of hydrogen-bond donors (Lipinski definition) is 5. The van der Waals surface area contributed by atoms with Crippen molar-refractivity contribution in [2.75, 3.05) is 6.61 Å². The third-order valence-corrected chi connectivity index (χ3v) is 2.85. The third kappa shape index (κ3) is 2.02. The molecule has 2 heterocycles. The highest BCUT2D eigenvalue weighted by atomic mass is 16.3. The fourth-order valence-electron chi connectivity index (χ4n) is 1.88. The number of aliphatic hydroxyl groups excluding tert-OH is 2. The van der Waals surface area contributed by atoms with E-state index in [2.05, 4.69) is 20.6 Å². The monoisotopic (exact) mass is 241 g/mol. The Hall–Kier alpha value is -1.51. The number of nitrogens with two attached hydrogens (primary N) is 1. The van der Waals surface area contributed by atoms with Crippen molar-refractivity contribution in [1.82, 2.24) is 10.6 Å². The second-order valence-corrected chi connectivity index (χ2v) is 4.03. The average molecular weight is 241 g/mol. The number of hydrogen-bond acceptors (Lipinski definition) is 7. The van der Waals surface area contributed by atoms with Crippen LogP contribution in [0.4, 0.5) is 0 Å². The summed E-state index contributed by atoms with van der Waals surface area (Å²) in [4.78, 5) is 20.1. The Morgan fingerprint density at radius 2 is 2.41 bits per heavy atom. The normalized spacial score (nSPS) is 32.5. The lowest BCUT2D eigenvalue weighted by Crippen LogP contribution is -2.61. The molecule has 0 aromatic rings. The molecule has 2 rings (SSSR count). The van der Waals surface area contributed by atoms with Crippen LogP contribution in [0.2, 0.25) is 0 Å². The Labute approximate surface area is 97.6 Å². The van der Waals surface area contributed by atoms with E-state index in [9.17, 15) is 9.90 Å². The Balaban J connectivity index is 2.18. The van der Waals surface area contributed by atoms with Crippen LogP contribution < -0.4 is 16.4 Å². The van der Waals surface area contributed by atoms with Gasteiger partial charge in [-0.1, -0.05) is 0 Å². The van der Waals surface area contributed by atoms with E-state index >= 15 is 0 Å². The number of carbonyl (C=O) groups is 1. The van der Waals surface area contributed by atoms with Gasteiger partial charge in [-0.05, 0) is 12.8 Å². The maximum atomic E-state index is 11.9.